The molecule has 0 aliphatic heterocycles. The molecule has 4 aromatic carbocycles. The lowest BCUT2D eigenvalue weighted by Gasteiger charge is -2.05. The summed E-state index contributed by atoms with van der Waals surface area (Å²) in [6.07, 6.45) is 0. The van der Waals surface area contributed by atoms with Crippen LogP contribution in [-0.4, -0.2) is 0 Å². The lowest BCUT2D eigenvalue weighted by Crippen LogP contribution is -1.80. The summed E-state index contributed by atoms with van der Waals surface area (Å²) in [7, 11) is 0. The number of halogens is 1. The zero-order chi connectivity index (χ0) is 16.1. The van der Waals surface area contributed by atoms with Crippen LogP contribution in [-0.2, 0) is 0 Å². The number of hydrogen-bond acceptors (Lipinski definition) is 1. The van der Waals surface area contributed by atoms with E-state index in [1.165, 1.54) is 10.8 Å². The number of benzene rings is 4. The Hall–Kier alpha value is -2.77. The third-order valence-corrected chi connectivity index (χ3v) is 4.71. The molecule has 0 spiro atoms. The Labute approximate surface area is 144 Å². The summed E-state index contributed by atoms with van der Waals surface area (Å²) in [5, 5.41) is 5.31. The van der Waals surface area contributed by atoms with Gasteiger partial charge in [-0.25, -0.2) is 0 Å². The Bertz CT molecular complexity index is 1200. The minimum atomic E-state index is 0.685. The van der Waals surface area contributed by atoms with Crippen molar-refractivity contribution in [1.29, 1.82) is 0 Å². The van der Waals surface area contributed by atoms with Crippen molar-refractivity contribution in [2.24, 2.45) is 0 Å². The van der Waals surface area contributed by atoms with Gasteiger partial charge in [-0.2, -0.15) is 0 Å². The molecule has 0 aliphatic rings. The zero-order valence-electron chi connectivity index (χ0n) is 12.8. The largest absolute Gasteiger partial charge is 0.456 e. The molecule has 0 saturated heterocycles. The van der Waals surface area contributed by atoms with Crippen LogP contribution < -0.4 is 0 Å². The first-order valence-corrected chi connectivity index (χ1v) is 8.27. The highest BCUT2D eigenvalue weighted by Crippen LogP contribution is 2.40. The van der Waals surface area contributed by atoms with E-state index in [4.69, 9.17) is 16.0 Å². The highest BCUT2D eigenvalue weighted by molar-refractivity contribution is 6.32. The van der Waals surface area contributed by atoms with Gasteiger partial charge in [-0.15, -0.1) is 0 Å². The fourth-order valence-corrected chi connectivity index (χ4v) is 3.61. The van der Waals surface area contributed by atoms with Crippen LogP contribution in [0, 0.1) is 0 Å². The van der Waals surface area contributed by atoms with Crippen molar-refractivity contribution < 1.29 is 4.42 Å². The molecule has 5 aromatic rings. The molecule has 1 aromatic heterocycles. The van der Waals surface area contributed by atoms with Gasteiger partial charge in [0, 0.05) is 21.9 Å². The van der Waals surface area contributed by atoms with Gasteiger partial charge in [-0.05, 0) is 40.1 Å². The third kappa shape index (κ3) is 2.02. The molecule has 0 saturated carbocycles. The van der Waals surface area contributed by atoms with E-state index < -0.39 is 0 Å². The van der Waals surface area contributed by atoms with Gasteiger partial charge >= 0.3 is 0 Å². The van der Waals surface area contributed by atoms with Crippen molar-refractivity contribution in [3.05, 3.63) is 83.9 Å². The molecule has 0 radical (unpaired) electrons. The highest BCUT2D eigenvalue weighted by Gasteiger charge is 2.14. The van der Waals surface area contributed by atoms with Gasteiger partial charge in [0.2, 0.25) is 0 Å². The average Bonchev–Trinajstić information content (AvgIpc) is 2.96. The Kier molecular flexibility index (Phi) is 2.91. The second-order valence-electron chi connectivity index (χ2n) is 5.99. The molecule has 0 bridgehead atoms. The van der Waals surface area contributed by atoms with E-state index in [9.17, 15) is 0 Å². The van der Waals surface area contributed by atoms with Crippen molar-refractivity contribution in [1.82, 2.24) is 0 Å². The molecule has 1 nitrogen and oxygen atoms in total. The van der Waals surface area contributed by atoms with Crippen LogP contribution >= 0.6 is 11.6 Å². The summed E-state index contributed by atoms with van der Waals surface area (Å²) < 4.78 is 6.12. The van der Waals surface area contributed by atoms with E-state index in [1.807, 2.05) is 36.4 Å². The van der Waals surface area contributed by atoms with Crippen LogP contribution in [0.5, 0.6) is 0 Å². The van der Waals surface area contributed by atoms with E-state index in [0.717, 1.165) is 33.1 Å². The van der Waals surface area contributed by atoms with Crippen LogP contribution in [0.25, 0.3) is 43.8 Å². The maximum Gasteiger partial charge on any atom is 0.137 e. The predicted molar refractivity (Wildman–Crippen MR) is 102 cm³/mol. The molecule has 0 N–H and O–H groups in total. The van der Waals surface area contributed by atoms with Crippen molar-refractivity contribution in [2.45, 2.75) is 0 Å². The Morgan fingerprint density at radius 3 is 2.17 bits per heavy atom. The van der Waals surface area contributed by atoms with Gasteiger partial charge in [0.1, 0.15) is 11.2 Å². The number of fused-ring (bicyclic) bond motifs is 4. The molecule has 1 heterocycles. The fraction of sp³-hybridized carbons (Fsp3) is 0. The topological polar surface area (TPSA) is 13.1 Å². The molecule has 0 fully saturated rings. The summed E-state index contributed by atoms with van der Waals surface area (Å²) in [4.78, 5) is 0. The molecule has 0 atom stereocenters. The first-order valence-electron chi connectivity index (χ1n) is 7.89. The van der Waals surface area contributed by atoms with Gasteiger partial charge in [0.05, 0.1) is 0 Å². The molecule has 114 valence electrons. The molecule has 2 heteroatoms. The second-order valence-corrected chi connectivity index (χ2v) is 6.43. The summed E-state index contributed by atoms with van der Waals surface area (Å²) in [6, 6.07) is 26.9. The zero-order valence-corrected chi connectivity index (χ0v) is 13.5. The number of furan rings is 1. The standard InChI is InChI=1S/C22H13ClO/c23-17-12-18(14-6-2-1-3-7-14)22-19-10-15-8-4-5-9-16(15)11-20(19)24-21(22)13-17/h1-13H. The van der Waals surface area contributed by atoms with Crippen LogP contribution in [0.4, 0.5) is 0 Å². The van der Waals surface area contributed by atoms with Crippen LogP contribution in [0.15, 0.2) is 83.3 Å². The average molecular weight is 329 g/mol. The maximum atomic E-state index is 6.35. The van der Waals surface area contributed by atoms with E-state index in [2.05, 4.69) is 42.5 Å². The van der Waals surface area contributed by atoms with Gasteiger partial charge < -0.3 is 4.42 Å². The molecule has 0 aliphatic carbocycles. The van der Waals surface area contributed by atoms with E-state index in [-0.39, 0.29) is 0 Å². The van der Waals surface area contributed by atoms with E-state index >= 15 is 0 Å². The van der Waals surface area contributed by atoms with Crippen LogP contribution in [0.3, 0.4) is 0 Å². The Balaban J connectivity index is 1.97. The van der Waals surface area contributed by atoms with E-state index in [1.54, 1.807) is 0 Å². The fourth-order valence-electron chi connectivity index (χ4n) is 3.40. The molecule has 24 heavy (non-hydrogen) atoms. The highest BCUT2D eigenvalue weighted by atomic mass is 35.5. The summed E-state index contributed by atoms with van der Waals surface area (Å²) in [5.74, 6) is 0. The minimum absolute atomic E-state index is 0.685. The van der Waals surface area contributed by atoms with Crippen molar-refractivity contribution in [2.75, 3.05) is 0 Å². The normalized spacial score (nSPS) is 11.5. The monoisotopic (exact) mass is 328 g/mol. The van der Waals surface area contributed by atoms with Crippen LogP contribution in [0.1, 0.15) is 0 Å². The molecule has 5 rings (SSSR count). The lowest BCUT2D eigenvalue weighted by molar-refractivity contribution is 0.669. The maximum absolute atomic E-state index is 6.35. The summed E-state index contributed by atoms with van der Waals surface area (Å²) in [5.41, 5.74) is 3.96. The summed E-state index contributed by atoms with van der Waals surface area (Å²) >= 11 is 6.35. The molecular weight excluding hydrogens is 316 g/mol. The molecule has 0 unspecified atom stereocenters. The molecular formula is C22H13ClO. The Morgan fingerprint density at radius 1 is 0.667 bits per heavy atom. The number of rotatable bonds is 1. The lowest BCUT2D eigenvalue weighted by atomic mass is 9.98. The van der Waals surface area contributed by atoms with Gasteiger partial charge in [0.25, 0.3) is 0 Å². The quantitative estimate of drug-likeness (QED) is 0.321. The second kappa shape index (κ2) is 5.12. The van der Waals surface area contributed by atoms with Crippen molar-refractivity contribution in [3.8, 4) is 11.1 Å². The summed E-state index contributed by atoms with van der Waals surface area (Å²) in [6.45, 7) is 0. The Morgan fingerprint density at radius 2 is 1.38 bits per heavy atom. The van der Waals surface area contributed by atoms with Gasteiger partial charge in [0.15, 0.2) is 0 Å². The third-order valence-electron chi connectivity index (χ3n) is 4.49. The first kappa shape index (κ1) is 13.6. The smallest absolute Gasteiger partial charge is 0.137 e. The molecule has 0 amide bonds. The van der Waals surface area contributed by atoms with Crippen LogP contribution in [0.2, 0.25) is 5.02 Å². The number of hydrogen-bond donors (Lipinski definition) is 0. The first-order chi connectivity index (χ1) is 11.8. The predicted octanol–water partition coefficient (Wildman–Crippen LogP) is 7.06. The van der Waals surface area contributed by atoms with E-state index in [0.29, 0.717) is 5.02 Å². The minimum Gasteiger partial charge on any atom is -0.456 e. The SMILES string of the molecule is Clc1cc(-c2ccccc2)c2c(c1)oc1cc3ccccc3cc12. The van der Waals surface area contributed by atoms with Crippen molar-refractivity contribution >= 4 is 44.3 Å². The van der Waals surface area contributed by atoms with Gasteiger partial charge in [-0.1, -0.05) is 66.2 Å². The van der Waals surface area contributed by atoms with Gasteiger partial charge in [-0.3, -0.25) is 0 Å². The van der Waals surface area contributed by atoms with Crippen molar-refractivity contribution in [3.63, 3.8) is 0 Å².